The molecule has 2 aliphatic heterocycles. The lowest BCUT2D eigenvalue weighted by Crippen LogP contribution is -2.50. The summed E-state index contributed by atoms with van der Waals surface area (Å²) in [6.45, 7) is 12.3. The molecule has 0 radical (unpaired) electrons. The van der Waals surface area contributed by atoms with Crippen LogP contribution < -0.4 is 0 Å². The van der Waals surface area contributed by atoms with Crippen LogP contribution in [0.4, 0.5) is 0 Å². The molecule has 2 fully saturated rings. The normalized spacial score (nSPS) is 30.4. The lowest BCUT2D eigenvalue weighted by Gasteiger charge is -2.37. The summed E-state index contributed by atoms with van der Waals surface area (Å²) in [5, 5.41) is 0. The summed E-state index contributed by atoms with van der Waals surface area (Å²) in [4.78, 5) is 5.20. The highest BCUT2D eigenvalue weighted by Crippen LogP contribution is 2.21. The topological polar surface area (TPSA) is 6.48 Å². The van der Waals surface area contributed by atoms with Gasteiger partial charge in [0.15, 0.2) is 0 Å². The minimum atomic E-state index is 0.855. The molecule has 0 bridgehead atoms. The third kappa shape index (κ3) is 2.12. The van der Waals surface area contributed by atoms with Crippen molar-refractivity contribution in [2.45, 2.75) is 25.8 Å². The molecule has 1 atom stereocenters. The molecule has 0 N–H and O–H groups in total. The fourth-order valence-electron chi connectivity index (χ4n) is 2.58. The first-order chi connectivity index (χ1) is 6.25. The van der Waals surface area contributed by atoms with Gasteiger partial charge in [-0.2, -0.15) is 0 Å². The minimum absolute atomic E-state index is 0.855. The zero-order valence-electron chi connectivity index (χ0n) is 8.63. The van der Waals surface area contributed by atoms with Crippen molar-refractivity contribution in [2.75, 3.05) is 32.7 Å². The van der Waals surface area contributed by atoms with Gasteiger partial charge in [0.05, 0.1) is 0 Å². The van der Waals surface area contributed by atoms with Gasteiger partial charge in [0, 0.05) is 32.2 Å². The zero-order chi connectivity index (χ0) is 9.26. The number of hydrogen-bond acceptors (Lipinski definition) is 2. The summed E-state index contributed by atoms with van der Waals surface area (Å²) >= 11 is 0. The van der Waals surface area contributed by atoms with Crippen LogP contribution in [0.5, 0.6) is 0 Å². The SMILES string of the molecule is C=C(C)CN1CCN2CCCC2C1. The van der Waals surface area contributed by atoms with Crippen LogP contribution in [0.15, 0.2) is 12.2 Å². The van der Waals surface area contributed by atoms with Gasteiger partial charge in [0.25, 0.3) is 0 Å². The average molecular weight is 180 g/mol. The summed E-state index contributed by atoms with van der Waals surface area (Å²) in [7, 11) is 0. The number of piperazine rings is 1. The lowest BCUT2D eigenvalue weighted by atomic mass is 10.1. The van der Waals surface area contributed by atoms with Crippen molar-refractivity contribution in [3.8, 4) is 0 Å². The van der Waals surface area contributed by atoms with Gasteiger partial charge in [-0.3, -0.25) is 9.80 Å². The monoisotopic (exact) mass is 180 g/mol. The standard InChI is InChI=1S/C11H20N2/c1-10(2)8-12-6-7-13-5-3-4-11(13)9-12/h11H,1,3-9H2,2H3. The van der Waals surface area contributed by atoms with E-state index >= 15 is 0 Å². The molecule has 2 aliphatic rings. The molecule has 2 heterocycles. The molecule has 13 heavy (non-hydrogen) atoms. The molecule has 2 heteroatoms. The van der Waals surface area contributed by atoms with E-state index in [1.165, 1.54) is 44.6 Å². The van der Waals surface area contributed by atoms with E-state index in [-0.39, 0.29) is 0 Å². The average Bonchev–Trinajstić information content (AvgIpc) is 2.49. The zero-order valence-corrected chi connectivity index (χ0v) is 8.63. The maximum atomic E-state index is 3.98. The summed E-state index contributed by atoms with van der Waals surface area (Å²) in [5.74, 6) is 0. The molecule has 0 aromatic heterocycles. The first-order valence-electron chi connectivity index (χ1n) is 5.36. The van der Waals surface area contributed by atoms with Crippen LogP contribution in [-0.2, 0) is 0 Å². The van der Waals surface area contributed by atoms with Crippen molar-refractivity contribution in [3.63, 3.8) is 0 Å². The smallest absolute Gasteiger partial charge is 0.0224 e. The molecular weight excluding hydrogens is 160 g/mol. The highest BCUT2D eigenvalue weighted by molar-refractivity contribution is 4.95. The molecule has 0 spiro atoms. The van der Waals surface area contributed by atoms with Crippen LogP contribution in [0.2, 0.25) is 0 Å². The van der Waals surface area contributed by atoms with E-state index in [2.05, 4.69) is 23.3 Å². The highest BCUT2D eigenvalue weighted by atomic mass is 15.3. The first-order valence-corrected chi connectivity index (χ1v) is 5.36. The molecular formula is C11H20N2. The Labute approximate surface area is 81.2 Å². The summed E-state index contributed by atoms with van der Waals surface area (Å²) in [5.41, 5.74) is 1.30. The molecule has 1 unspecified atom stereocenters. The van der Waals surface area contributed by atoms with Crippen molar-refractivity contribution in [1.29, 1.82) is 0 Å². The largest absolute Gasteiger partial charge is 0.298 e. The van der Waals surface area contributed by atoms with Crippen molar-refractivity contribution >= 4 is 0 Å². The Kier molecular flexibility index (Phi) is 2.70. The van der Waals surface area contributed by atoms with E-state index in [9.17, 15) is 0 Å². The summed E-state index contributed by atoms with van der Waals surface area (Å²) in [6.07, 6.45) is 2.82. The van der Waals surface area contributed by atoms with Crippen molar-refractivity contribution < 1.29 is 0 Å². The second kappa shape index (κ2) is 3.81. The molecule has 2 saturated heterocycles. The van der Waals surface area contributed by atoms with E-state index in [0.29, 0.717) is 0 Å². The van der Waals surface area contributed by atoms with Gasteiger partial charge in [-0.05, 0) is 26.3 Å². The second-order valence-corrected chi connectivity index (χ2v) is 4.52. The first kappa shape index (κ1) is 9.22. The van der Waals surface area contributed by atoms with Gasteiger partial charge in [-0.1, -0.05) is 12.2 Å². The van der Waals surface area contributed by atoms with Gasteiger partial charge in [-0.25, -0.2) is 0 Å². The Bertz CT molecular complexity index is 200. The van der Waals surface area contributed by atoms with Gasteiger partial charge in [0.2, 0.25) is 0 Å². The van der Waals surface area contributed by atoms with Crippen LogP contribution in [0, 0.1) is 0 Å². The molecule has 0 amide bonds. The summed E-state index contributed by atoms with van der Waals surface area (Å²) in [6, 6.07) is 0.855. The minimum Gasteiger partial charge on any atom is -0.298 e. The van der Waals surface area contributed by atoms with E-state index in [0.717, 1.165) is 12.6 Å². The van der Waals surface area contributed by atoms with Crippen molar-refractivity contribution in [2.24, 2.45) is 0 Å². The third-order valence-electron chi connectivity index (χ3n) is 3.16. The molecule has 74 valence electrons. The Balaban J connectivity index is 1.86. The predicted octanol–water partition coefficient (Wildman–Crippen LogP) is 1.34. The number of fused-ring (bicyclic) bond motifs is 1. The van der Waals surface area contributed by atoms with Gasteiger partial charge in [-0.15, -0.1) is 0 Å². The van der Waals surface area contributed by atoms with Crippen LogP contribution in [0.1, 0.15) is 19.8 Å². The van der Waals surface area contributed by atoms with Crippen LogP contribution in [-0.4, -0.2) is 48.6 Å². The van der Waals surface area contributed by atoms with Gasteiger partial charge in [0.1, 0.15) is 0 Å². The highest BCUT2D eigenvalue weighted by Gasteiger charge is 2.29. The van der Waals surface area contributed by atoms with Crippen LogP contribution in [0.3, 0.4) is 0 Å². The Morgan fingerprint density at radius 1 is 1.38 bits per heavy atom. The predicted molar refractivity (Wildman–Crippen MR) is 55.8 cm³/mol. The van der Waals surface area contributed by atoms with E-state index < -0.39 is 0 Å². The van der Waals surface area contributed by atoms with Crippen molar-refractivity contribution in [1.82, 2.24) is 9.80 Å². The molecule has 2 rings (SSSR count). The Morgan fingerprint density at radius 2 is 2.23 bits per heavy atom. The van der Waals surface area contributed by atoms with Gasteiger partial charge >= 0.3 is 0 Å². The maximum Gasteiger partial charge on any atom is 0.0224 e. The number of nitrogens with zero attached hydrogens (tertiary/aromatic N) is 2. The fraction of sp³-hybridized carbons (Fsp3) is 0.818. The maximum absolute atomic E-state index is 3.98. The van der Waals surface area contributed by atoms with Gasteiger partial charge < -0.3 is 0 Å². The molecule has 0 saturated carbocycles. The van der Waals surface area contributed by atoms with E-state index in [1.807, 2.05) is 0 Å². The molecule has 2 nitrogen and oxygen atoms in total. The fourth-order valence-corrected chi connectivity index (χ4v) is 2.58. The molecule has 0 aromatic carbocycles. The Morgan fingerprint density at radius 3 is 3.00 bits per heavy atom. The lowest BCUT2D eigenvalue weighted by molar-refractivity contribution is 0.112. The quantitative estimate of drug-likeness (QED) is 0.592. The number of hydrogen-bond donors (Lipinski definition) is 0. The van der Waals surface area contributed by atoms with Crippen LogP contribution in [0.25, 0.3) is 0 Å². The van der Waals surface area contributed by atoms with E-state index in [4.69, 9.17) is 0 Å². The van der Waals surface area contributed by atoms with E-state index in [1.54, 1.807) is 0 Å². The second-order valence-electron chi connectivity index (χ2n) is 4.52. The molecule has 0 aliphatic carbocycles. The summed E-state index contributed by atoms with van der Waals surface area (Å²) < 4.78 is 0. The number of rotatable bonds is 2. The van der Waals surface area contributed by atoms with Crippen molar-refractivity contribution in [3.05, 3.63) is 12.2 Å². The van der Waals surface area contributed by atoms with Crippen LogP contribution >= 0.6 is 0 Å². The molecule has 0 aromatic rings. The Hall–Kier alpha value is -0.340. The third-order valence-corrected chi connectivity index (χ3v) is 3.16.